The maximum atomic E-state index is 13.4. The number of nitrogens with one attached hydrogen (secondary N) is 1. The Labute approximate surface area is 179 Å². The second kappa shape index (κ2) is 8.73. The van der Waals surface area contributed by atoms with Gasteiger partial charge in [-0.2, -0.15) is 0 Å². The Hall–Kier alpha value is -3.46. The second-order valence-corrected chi connectivity index (χ2v) is 8.67. The Kier molecular flexibility index (Phi) is 6.26. The molecule has 0 saturated heterocycles. The summed E-state index contributed by atoms with van der Waals surface area (Å²) in [5.74, 6) is -2.43. The number of anilines is 2. The first-order valence-corrected chi connectivity index (χ1v) is 10.6. The number of halogens is 2. The highest BCUT2D eigenvalue weighted by Gasteiger charge is 2.25. The number of carbonyl (C=O) groups excluding carboxylic acids is 1. The van der Waals surface area contributed by atoms with E-state index in [4.69, 9.17) is 4.74 Å². The normalized spacial score (nSPS) is 11.1. The summed E-state index contributed by atoms with van der Waals surface area (Å²) < 4.78 is 59.2. The summed E-state index contributed by atoms with van der Waals surface area (Å²) in [5, 5.41) is 2.45. The standard InChI is InChI=1S/C22H20F2N2O4S/c1-14-8-10-16(31(28,29)26(2)20-6-4-5-7-21(20)30-3)13-17(14)22(27)25-15-9-11-18(23)19(24)12-15/h4-13H,1-3H3,(H,25,27). The van der Waals surface area contributed by atoms with E-state index in [1.165, 1.54) is 38.4 Å². The van der Waals surface area contributed by atoms with E-state index in [1.807, 2.05) is 0 Å². The lowest BCUT2D eigenvalue weighted by Crippen LogP contribution is -2.27. The zero-order valence-corrected chi connectivity index (χ0v) is 17.8. The molecule has 0 aliphatic heterocycles. The maximum absolute atomic E-state index is 13.4. The van der Waals surface area contributed by atoms with Crippen LogP contribution in [0.2, 0.25) is 0 Å². The van der Waals surface area contributed by atoms with Crippen molar-refractivity contribution in [3.63, 3.8) is 0 Å². The molecule has 0 aliphatic rings. The number of benzene rings is 3. The minimum atomic E-state index is -4.02. The third kappa shape index (κ3) is 4.51. The molecule has 9 heteroatoms. The molecule has 0 fully saturated rings. The molecule has 0 aromatic heterocycles. The molecule has 1 N–H and O–H groups in total. The highest BCUT2D eigenvalue weighted by Crippen LogP contribution is 2.31. The summed E-state index contributed by atoms with van der Waals surface area (Å²) in [5.41, 5.74) is 0.972. The maximum Gasteiger partial charge on any atom is 0.264 e. The first kappa shape index (κ1) is 22.2. The summed E-state index contributed by atoms with van der Waals surface area (Å²) >= 11 is 0. The number of hydrogen-bond donors (Lipinski definition) is 1. The molecule has 0 radical (unpaired) electrons. The van der Waals surface area contributed by atoms with Crippen molar-refractivity contribution in [2.75, 3.05) is 23.8 Å². The van der Waals surface area contributed by atoms with Crippen LogP contribution in [0.4, 0.5) is 20.2 Å². The second-order valence-electron chi connectivity index (χ2n) is 6.70. The van der Waals surface area contributed by atoms with Crippen LogP contribution in [0.1, 0.15) is 15.9 Å². The quantitative estimate of drug-likeness (QED) is 0.611. The van der Waals surface area contributed by atoms with E-state index in [0.717, 1.165) is 16.4 Å². The number of ether oxygens (including phenoxy) is 1. The number of methoxy groups -OCH3 is 1. The average molecular weight is 446 g/mol. The first-order valence-electron chi connectivity index (χ1n) is 9.14. The lowest BCUT2D eigenvalue weighted by molar-refractivity contribution is 0.102. The van der Waals surface area contributed by atoms with E-state index in [-0.39, 0.29) is 16.1 Å². The fourth-order valence-corrected chi connectivity index (χ4v) is 4.19. The fraction of sp³-hybridized carbons (Fsp3) is 0.136. The molecule has 3 aromatic carbocycles. The molecular weight excluding hydrogens is 426 g/mol. The van der Waals surface area contributed by atoms with Crippen LogP contribution in [0, 0.1) is 18.6 Å². The predicted octanol–water partition coefficient (Wildman–Crippen LogP) is 4.36. The summed E-state index contributed by atoms with van der Waals surface area (Å²) in [4.78, 5) is 12.6. The van der Waals surface area contributed by atoms with E-state index in [1.54, 1.807) is 31.2 Å². The lowest BCUT2D eigenvalue weighted by Gasteiger charge is -2.22. The third-order valence-electron chi connectivity index (χ3n) is 4.71. The third-order valence-corrected chi connectivity index (χ3v) is 6.48. The van der Waals surface area contributed by atoms with Gasteiger partial charge in [0.05, 0.1) is 17.7 Å². The number of nitrogens with zero attached hydrogens (tertiary/aromatic N) is 1. The molecule has 1 amide bonds. The molecule has 6 nitrogen and oxygen atoms in total. The Bertz CT molecular complexity index is 1250. The zero-order valence-electron chi connectivity index (χ0n) is 17.0. The van der Waals surface area contributed by atoms with Crippen molar-refractivity contribution in [2.24, 2.45) is 0 Å². The monoisotopic (exact) mass is 446 g/mol. The minimum Gasteiger partial charge on any atom is -0.495 e. The summed E-state index contributed by atoms with van der Waals surface area (Å²) in [6, 6.07) is 13.7. The van der Waals surface area contributed by atoms with E-state index >= 15 is 0 Å². The molecule has 3 aromatic rings. The van der Waals surface area contributed by atoms with Gasteiger partial charge in [0, 0.05) is 24.4 Å². The van der Waals surface area contributed by atoms with Gasteiger partial charge in [0.25, 0.3) is 15.9 Å². The minimum absolute atomic E-state index is 0.0442. The SMILES string of the molecule is COc1ccccc1N(C)S(=O)(=O)c1ccc(C)c(C(=O)Nc2ccc(F)c(F)c2)c1. The van der Waals surface area contributed by atoms with Gasteiger partial charge in [-0.25, -0.2) is 17.2 Å². The van der Waals surface area contributed by atoms with Gasteiger partial charge in [-0.05, 0) is 48.9 Å². The van der Waals surface area contributed by atoms with Crippen LogP contribution in [0.15, 0.2) is 65.6 Å². The molecule has 0 spiro atoms. The zero-order chi connectivity index (χ0) is 22.8. The summed E-state index contributed by atoms with van der Waals surface area (Å²) in [6.45, 7) is 1.64. The van der Waals surface area contributed by atoms with Crippen LogP contribution in [-0.2, 0) is 10.0 Å². The lowest BCUT2D eigenvalue weighted by atomic mass is 10.1. The van der Waals surface area contributed by atoms with Crippen LogP contribution in [0.25, 0.3) is 0 Å². The predicted molar refractivity (Wildman–Crippen MR) is 114 cm³/mol. The van der Waals surface area contributed by atoms with Gasteiger partial charge in [0.15, 0.2) is 11.6 Å². The van der Waals surface area contributed by atoms with Crippen molar-refractivity contribution in [3.05, 3.63) is 83.4 Å². The van der Waals surface area contributed by atoms with Crippen molar-refractivity contribution in [1.29, 1.82) is 0 Å². The van der Waals surface area contributed by atoms with E-state index in [0.29, 0.717) is 17.0 Å². The van der Waals surface area contributed by atoms with Crippen LogP contribution >= 0.6 is 0 Å². The van der Waals surface area contributed by atoms with Gasteiger partial charge < -0.3 is 10.1 Å². The number of sulfonamides is 1. The highest BCUT2D eigenvalue weighted by molar-refractivity contribution is 7.92. The molecule has 162 valence electrons. The van der Waals surface area contributed by atoms with Gasteiger partial charge in [-0.1, -0.05) is 18.2 Å². The number of amides is 1. The summed E-state index contributed by atoms with van der Waals surface area (Å²) in [6.07, 6.45) is 0. The molecule has 0 saturated carbocycles. The molecule has 0 aliphatic carbocycles. The van der Waals surface area contributed by atoms with Crippen molar-refractivity contribution in [2.45, 2.75) is 11.8 Å². The van der Waals surface area contributed by atoms with Gasteiger partial charge >= 0.3 is 0 Å². The average Bonchev–Trinajstić information content (AvgIpc) is 2.75. The van der Waals surface area contributed by atoms with Gasteiger partial charge in [0.1, 0.15) is 5.75 Å². The molecule has 31 heavy (non-hydrogen) atoms. The van der Waals surface area contributed by atoms with Crippen LogP contribution in [-0.4, -0.2) is 28.5 Å². The fourth-order valence-electron chi connectivity index (χ4n) is 2.96. The summed E-state index contributed by atoms with van der Waals surface area (Å²) in [7, 11) is -1.20. The highest BCUT2D eigenvalue weighted by atomic mass is 32.2. The smallest absolute Gasteiger partial charge is 0.264 e. The van der Waals surface area contributed by atoms with Crippen molar-refractivity contribution >= 4 is 27.3 Å². The van der Waals surface area contributed by atoms with Crippen molar-refractivity contribution < 1.29 is 26.7 Å². The number of rotatable bonds is 6. The van der Waals surface area contributed by atoms with Gasteiger partial charge in [0.2, 0.25) is 0 Å². The molecular formula is C22H20F2N2O4S. The van der Waals surface area contributed by atoms with Crippen molar-refractivity contribution in [3.8, 4) is 5.75 Å². The molecule has 0 atom stereocenters. The van der Waals surface area contributed by atoms with E-state index < -0.39 is 27.6 Å². The molecule has 0 unspecified atom stereocenters. The number of aryl methyl sites for hydroxylation is 1. The molecule has 0 bridgehead atoms. The first-order chi connectivity index (χ1) is 14.6. The van der Waals surface area contributed by atoms with Gasteiger partial charge in [-0.15, -0.1) is 0 Å². The molecule has 3 rings (SSSR count). The van der Waals surface area contributed by atoms with E-state index in [9.17, 15) is 22.0 Å². The van der Waals surface area contributed by atoms with Crippen LogP contribution in [0.5, 0.6) is 5.75 Å². The molecule has 0 heterocycles. The van der Waals surface area contributed by atoms with E-state index in [2.05, 4.69) is 5.32 Å². The Morgan fingerprint density at radius 1 is 1.00 bits per heavy atom. The largest absolute Gasteiger partial charge is 0.495 e. The number of para-hydroxylation sites is 2. The topological polar surface area (TPSA) is 75.7 Å². The van der Waals surface area contributed by atoms with Crippen molar-refractivity contribution in [1.82, 2.24) is 0 Å². The Morgan fingerprint density at radius 3 is 2.39 bits per heavy atom. The van der Waals surface area contributed by atoms with Crippen LogP contribution < -0.4 is 14.4 Å². The van der Waals surface area contributed by atoms with Crippen LogP contribution in [0.3, 0.4) is 0 Å². The number of carbonyl (C=O) groups is 1. The Morgan fingerprint density at radius 2 is 1.71 bits per heavy atom. The Balaban J connectivity index is 1.95. The number of hydrogen-bond acceptors (Lipinski definition) is 4. The van der Waals surface area contributed by atoms with Gasteiger partial charge in [-0.3, -0.25) is 9.10 Å².